The lowest BCUT2D eigenvalue weighted by Gasteiger charge is -2.28. The van der Waals surface area contributed by atoms with Crippen LogP contribution in [0.25, 0.3) is 11.1 Å². The monoisotopic (exact) mass is 546 g/mol. The van der Waals surface area contributed by atoms with Gasteiger partial charge in [0, 0.05) is 5.92 Å². The second-order valence-electron chi connectivity index (χ2n) is 12.0. The minimum absolute atomic E-state index is 0.0947. The molecule has 5 heteroatoms. The Hall–Kier alpha value is -2.17. The summed E-state index contributed by atoms with van der Waals surface area (Å²) in [5.74, 6) is -0.447. The Bertz CT molecular complexity index is 1050. The van der Waals surface area contributed by atoms with Crippen LogP contribution in [0.5, 0.6) is 0 Å². The van der Waals surface area contributed by atoms with Gasteiger partial charge in [-0.3, -0.25) is 0 Å². The van der Waals surface area contributed by atoms with Gasteiger partial charge in [0.05, 0.1) is 6.08 Å². The third-order valence-electron chi connectivity index (χ3n) is 9.17. The van der Waals surface area contributed by atoms with Crippen molar-refractivity contribution in [3.8, 4) is 11.1 Å². The van der Waals surface area contributed by atoms with Gasteiger partial charge in [0.25, 0.3) is 0 Å². The van der Waals surface area contributed by atoms with Crippen molar-refractivity contribution in [2.75, 3.05) is 0 Å². The van der Waals surface area contributed by atoms with Crippen LogP contribution in [-0.2, 0) is 6.42 Å². The summed E-state index contributed by atoms with van der Waals surface area (Å²) in [7, 11) is 0. The molecule has 214 valence electrons. The molecule has 0 aromatic heterocycles. The van der Waals surface area contributed by atoms with Gasteiger partial charge in [-0.2, -0.15) is 13.2 Å². The summed E-state index contributed by atoms with van der Waals surface area (Å²) in [6.07, 6.45) is 9.97. The molecule has 39 heavy (non-hydrogen) atoms. The molecule has 0 saturated heterocycles. The first-order chi connectivity index (χ1) is 18.7. The molecule has 0 unspecified atom stereocenters. The van der Waals surface area contributed by atoms with Crippen LogP contribution in [0, 0.1) is 23.6 Å². The Labute approximate surface area is 231 Å². The molecule has 0 amide bonds. The zero-order chi connectivity index (χ0) is 27.8. The van der Waals surface area contributed by atoms with Crippen molar-refractivity contribution in [2.45, 2.75) is 109 Å². The molecule has 0 radical (unpaired) electrons. The number of hydrogen-bond donors (Lipinski definition) is 0. The zero-order valence-corrected chi connectivity index (χ0v) is 23.2. The molecule has 4 rings (SSSR count). The van der Waals surface area contributed by atoms with Gasteiger partial charge in [0.1, 0.15) is 11.6 Å². The molecular weight excluding hydrogens is 503 g/mol. The topological polar surface area (TPSA) is 0 Å². The molecule has 0 atom stereocenters. The lowest BCUT2D eigenvalue weighted by atomic mass is 9.77. The fraction of sp³-hybridized carbons (Fsp3) is 0.588. The van der Waals surface area contributed by atoms with Gasteiger partial charge < -0.3 is 0 Å². The second-order valence-corrected chi connectivity index (χ2v) is 12.0. The van der Waals surface area contributed by atoms with E-state index in [1.54, 1.807) is 12.1 Å². The lowest BCUT2D eigenvalue weighted by molar-refractivity contribution is -0.0820. The second kappa shape index (κ2) is 13.9. The summed E-state index contributed by atoms with van der Waals surface area (Å²) in [6, 6.07) is 13.7. The summed E-state index contributed by atoms with van der Waals surface area (Å²) in [5.41, 5.74) is 3.69. The summed E-state index contributed by atoms with van der Waals surface area (Å²) >= 11 is 0. The molecule has 0 aliphatic heterocycles. The molecule has 2 aliphatic rings. The van der Waals surface area contributed by atoms with Crippen LogP contribution in [0.4, 0.5) is 22.0 Å². The van der Waals surface area contributed by atoms with Crippen LogP contribution in [0.15, 0.2) is 54.4 Å². The lowest BCUT2D eigenvalue weighted by Crippen LogP contribution is -2.16. The van der Waals surface area contributed by atoms with E-state index in [1.165, 1.54) is 63.4 Å². The van der Waals surface area contributed by atoms with Crippen molar-refractivity contribution in [3.63, 3.8) is 0 Å². The Morgan fingerprint density at radius 1 is 0.795 bits per heavy atom. The molecule has 2 saturated carbocycles. The molecule has 2 aromatic rings. The van der Waals surface area contributed by atoms with Gasteiger partial charge in [-0.05, 0) is 84.6 Å². The van der Waals surface area contributed by atoms with Crippen molar-refractivity contribution in [2.24, 2.45) is 17.8 Å². The largest absolute Gasteiger partial charge is 0.412 e. The minimum atomic E-state index is -4.64. The highest BCUT2D eigenvalue weighted by molar-refractivity contribution is 5.64. The number of benzene rings is 2. The molecule has 2 aromatic carbocycles. The van der Waals surface area contributed by atoms with Crippen LogP contribution >= 0.6 is 0 Å². The van der Waals surface area contributed by atoms with E-state index < -0.39 is 17.9 Å². The fourth-order valence-corrected chi connectivity index (χ4v) is 6.72. The fourth-order valence-electron chi connectivity index (χ4n) is 6.72. The van der Waals surface area contributed by atoms with E-state index in [-0.39, 0.29) is 17.8 Å². The number of aryl methyl sites for hydroxylation is 1. The minimum Gasteiger partial charge on any atom is -0.212 e. The van der Waals surface area contributed by atoms with Gasteiger partial charge in [-0.15, -0.1) is 0 Å². The number of allylic oxidation sites excluding steroid dienone is 2. The molecule has 0 nitrogen and oxygen atoms in total. The summed E-state index contributed by atoms with van der Waals surface area (Å²) in [5, 5.41) is 0. The zero-order valence-electron chi connectivity index (χ0n) is 23.2. The predicted octanol–water partition coefficient (Wildman–Crippen LogP) is 11.5. The Morgan fingerprint density at radius 3 is 2.00 bits per heavy atom. The number of hydrogen-bond acceptors (Lipinski definition) is 0. The highest BCUT2D eigenvalue weighted by Crippen LogP contribution is 2.41. The van der Waals surface area contributed by atoms with Crippen molar-refractivity contribution in [3.05, 3.63) is 71.3 Å². The first-order valence-electron chi connectivity index (χ1n) is 15.1. The standard InChI is InChI=1S/C34H43F5/c1-2-3-4-5-24-6-8-25(9-7-24)10-11-26-12-14-27(15-13-26)30-20-21-31(32(35)22-30)28-16-18-29(19-17-28)33(36)23-34(37,38)39/h12-15,20-25,28-29H,2-11,16-19H2,1H3. The number of alkyl halides is 3. The molecule has 2 aliphatic carbocycles. The van der Waals surface area contributed by atoms with Crippen LogP contribution in [0.2, 0.25) is 0 Å². The number of unbranched alkanes of at least 4 members (excludes halogenated alkanes) is 2. The van der Waals surface area contributed by atoms with Crippen LogP contribution in [0.1, 0.15) is 107 Å². The number of halogens is 5. The van der Waals surface area contributed by atoms with Crippen molar-refractivity contribution in [1.29, 1.82) is 0 Å². The van der Waals surface area contributed by atoms with Crippen LogP contribution in [0.3, 0.4) is 0 Å². The van der Waals surface area contributed by atoms with E-state index >= 15 is 4.39 Å². The van der Waals surface area contributed by atoms with E-state index in [4.69, 9.17) is 0 Å². The third-order valence-corrected chi connectivity index (χ3v) is 9.17. The summed E-state index contributed by atoms with van der Waals surface area (Å²) in [4.78, 5) is 0. The molecule has 0 bridgehead atoms. The van der Waals surface area contributed by atoms with Crippen molar-refractivity contribution >= 4 is 0 Å². The van der Waals surface area contributed by atoms with Gasteiger partial charge in [0.15, 0.2) is 0 Å². The highest BCUT2D eigenvalue weighted by Gasteiger charge is 2.31. The quantitative estimate of drug-likeness (QED) is 0.205. The average Bonchev–Trinajstić information content (AvgIpc) is 2.92. The molecule has 0 N–H and O–H groups in total. The molecular formula is C34H43F5. The normalized spacial score (nSPS) is 24.6. The van der Waals surface area contributed by atoms with Gasteiger partial charge in [-0.25, -0.2) is 8.78 Å². The Kier molecular flexibility index (Phi) is 10.7. The Morgan fingerprint density at radius 2 is 1.41 bits per heavy atom. The average molecular weight is 547 g/mol. The maximum atomic E-state index is 15.1. The summed E-state index contributed by atoms with van der Waals surface area (Å²) in [6.45, 7) is 2.27. The summed E-state index contributed by atoms with van der Waals surface area (Å²) < 4.78 is 66.4. The molecule has 2 fully saturated rings. The molecule has 0 spiro atoms. The van der Waals surface area contributed by atoms with Gasteiger partial charge in [0.2, 0.25) is 0 Å². The van der Waals surface area contributed by atoms with Gasteiger partial charge in [-0.1, -0.05) is 94.7 Å². The van der Waals surface area contributed by atoms with E-state index in [2.05, 4.69) is 31.2 Å². The van der Waals surface area contributed by atoms with Crippen LogP contribution < -0.4 is 0 Å². The Balaban J connectivity index is 1.26. The van der Waals surface area contributed by atoms with Crippen molar-refractivity contribution < 1.29 is 22.0 Å². The highest BCUT2D eigenvalue weighted by atomic mass is 19.4. The van der Waals surface area contributed by atoms with E-state index in [0.717, 1.165) is 29.4 Å². The van der Waals surface area contributed by atoms with Crippen molar-refractivity contribution in [1.82, 2.24) is 0 Å². The molecule has 0 heterocycles. The van der Waals surface area contributed by atoms with Gasteiger partial charge >= 0.3 is 6.18 Å². The maximum Gasteiger partial charge on any atom is 0.412 e. The predicted molar refractivity (Wildman–Crippen MR) is 150 cm³/mol. The first-order valence-corrected chi connectivity index (χ1v) is 15.1. The first kappa shape index (κ1) is 29.8. The third kappa shape index (κ3) is 8.91. The van der Waals surface area contributed by atoms with Crippen LogP contribution in [-0.4, -0.2) is 6.18 Å². The van der Waals surface area contributed by atoms with E-state index in [0.29, 0.717) is 31.2 Å². The van der Waals surface area contributed by atoms with E-state index in [9.17, 15) is 17.6 Å². The number of rotatable bonds is 10. The maximum absolute atomic E-state index is 15.1. The van der Waals surface area contributed by atoms with E-state index in [1.807, 2.05) is 6.07 Å². The smallest absolute Gasteiger partial charge is 0.212 e. The SMILES string of the molecule is CCCCCC1CCC(CCc2ccc(-c3ccc(C4CCC(C(F)=CC(F)(F)F)CC4)c(F)c3)cc2)CC1.